The van der Waals surface area contributed by atoms with Gasteiger partial charge in [0.1, 0.15) is 5.75 Å². The summed E-state index contributed by atoms with van der Waals surface area (Å²) in [5, 5.41) is 4.00. The number of methoxy groups -OCH3 is 1. The first kappa shape index (κ1) is 21.9. The summed E-state index contributed by atoms with van der Waals surface area (Å²) in [6.45, 7) is 2.72. The molecule has 3 aromatic rings. The normalized spacial score (nSPS) is 18.8. The van der Waals surface area contributed by atoms with E-state index >= 15 is 0 Å². The molecule has 2 unspecified atom stereocenters. The highest BCUT2D eigenvalue weighted by Gasteiger charge is 2.40. The number of benzene rings is 2. The van der Waals surface area contributed by atoms with Gasteiger partial charge in [-0.05, 0) is 48.7 Å². The number of aromatic nitrogens is 2. The van der Waals surface area contributed by atoms with Crippen molar-refractivity contribution in [2.45, 2.75) is 44.6 Å². The maximum Gasteiger partial charge on any atom is 0.232 e. The number of carbonyl (C=O) groups is 1. The van der Waals surface area contributed by atoms with Crippen molar-refractivity contribution in [3.8, 4) is 17.1 Å². The largest absolute Gasteiger partial charge is 0.497 e. The molecule has 6 nitrogen and oxygen atoms in total. The van der Waals surface area contributed by atoms with Gasteiger partial charge in [0.15, 0.2) is 11.6 Å². The molecule has 0 N–H and O–H groups in total. The number of piperidine rings is 1. The van der Waals surface area contributed by atoms with E-state index in [0.29, 0.717) is 30.8 Å². The van der Waals surface area contributed by atoms with Gasteiger partial charge in [-0.25, -0.2) is 8.78 Å². The molecule has 0 bridgehead atoms. The molecule has 1 aliphatic heterocycles. The maximum absolute atomic E-state index is 13.7. The van der Waals surface area contributed by atoms with Gasteiger partial charge in [0.05, 0.1) is 19.1 Å². The second-order valence-electron chi connectivity index (χ2n) is 7.89. The second kappa shape index (κ2) is 9.46. The molecule has 4 rings (SSSR count). The van der Waals surface area contributed by atoms with Gasteiger partial charge in [-0.1, -0.05) is 30.6 Å². The monoisotopic (exact) mass is 441 g/mol. The Hall–Kier alpha value is -3.29. The molecular formula is C24H25F2N3O3. The summed E-state index contributed by atoms with van der Waals surface area (Å²) in [5.41, 5.74) is 1.28. The summed E-state index contributed by atoms with van der Waals surface area (Å²) in [5.74, 6) is -0.747. The van der Waals surface area contributed by atoms with Gasteiger partial charge in [0, 0.05) is 18.5 Å². The lowest BCUT2D eigenvalue weighted by Gasteiger charge is -2.40. The summed E-state index contributed by atoms with van der Waals surface area (Å²) < 4.78 is 37.8. The lowest BCUT2D eigenvalue weighted by atomic mass is 9.84. The van der Waals surface area contributed by atoms with Crippen LogP contribution in [0.15, 0.2) is 47.0 Å². The first-order valence-corrected chi connectivity index (χ1v) is 10.7. The van der Waals surface area contributed by atoms with Crippen molar-refractivity contribution in [2.24, 2.45) is 0 Å². The van der Waals surface area contributed by atoms with Crippen LogP contribution in [0.25, 0.3) is 11.4 Å². The predicted octanol–water partition coefficient (Wildman–Crippen LogP) is 5.27. The van der Waals surface area contributed by atoms with E-state index in [2.05, 4.69) is 17.1 Å². The highest BCUT2D eigenvalue weighted by molar-refractivity contribution is 5.78. The molecular weight excluding hydrogens is 416 g/mol. The molecule has 1 saturated heterocycles. The fourth-order valence-corrected chi connectivity index (χ4v) is 4.16. The summed E-state index contributed by atoms with van der Waals surface area (Å²) in [6.07, 6.45) is 2.78. The smallest absolute Gasteiger partial charge is 0.232 e. The maximum atomic E-state index is 13.7. The van der Waals surface area contributed by atoms with Gasteiger partial charge in [-0.15, -0.1) is 0 Å². The van der Waals surface area contributed by atoms with Gasteiger partial charge in [0.2, 0.25) is 17.6 Å². The molecule has 1 aliphatic rings. The van der Waals surface area contributed by atoms with E-state index in [0.717, 1.165) is 36.3 Å². The highest BCUT2D eigenvalue weighted by atomic mass is 19.2. The number of rotatable bonds is 7. The minimum atomic E-state index is -0.973. The third-order valence-electron chi connectivity index (χ3n) is 5.85. The van der Waals surface area contributed by atoms with Crippen LogP contribution in [-0.2, 0) is 4.79 Å². The fourth-order valence-electron chi connectivity index (χ4n) is 4.16. The number of nitrogens with zero attached hydrogens (tertiary/aromatic N) is 3. The van der Waals surface area contributed by atoms with E-state index in [-0.39, 0.29) is 23.7 Å². The van der Waals surface area contributed by atoms with Crippen molar-refractivity contribution in [1.29, 1.82) is 0 Å². The molecule has 2 atom stereocenters. The van der Waals surface area contributed by atoms with Crippen LogP contribution in [0.3, 0.4) is 0 Å². The minimum absolute atomic E-state index is 0.0934. The number of amides is 1. The van der Waals surface area contributed by atoms with Gasteiger partial charge in [0.25, 0.3) is 0 Å². The van der Waals surface area contributed by atoms with E-state index in [4.69, 9.17) is 9.26 Å². The second-order valence-corrected chi connectivity index (χ2v) is 7.89. The lowest BCUT2D eigenvalue weighted by Crippen LogP contribution is -2.42. The number of likely N-dealkylation sites (tertiary alicyclic amines) is 1. The summed E-state index contributed by atoms with van der Waals surface area (Å²) in [4.78, 5) is 19.2. The number of carbonyl (C=O) groups excluding carboxylic acids is 1. The van der Waals surface area contributed by atoms with Crippen LogP contribution in [0.4, 0.5) is 8.78 Å². The Labute approximate surface area is 185 Å². The van der Waals surface area contributed by atoms with Crippen LogP contribution in [-0.4, -0.2) is 34.6 Å². The number of hydrogen-bond acceptors (Lipinski definition) is 5. The third-order valence-corrected chi connectivity index (χ3v) is 5.85. The Kier molecular flexibility index (Phi) is 6.48. The molecule has 0 spiro atoms. The van der Waals surface area contributed by atoms with Gasteiger partial charge in [-0.2, -0.15) is 4.98 Å². The van der Waals surface area contributed by atoms with Crippen molar-refractivity contribution in [3.63, 3.8) is 0 Å². The van der Waals surface area contributed by atoms with Crippen LogP contribution >= 0.6 is 0 Å². The average Bonchev–Trinajstić information content (AvgIpc) is 3.30. The Bertz CT molecular complexity index is 1080. The van der Waals surface area contributed by atoms with Crippen LogP contribution in [0.1, 0.15) is 56.0 Å². The number of unbranched alkanes of at least 4 members (excludes halogenated alkanes) is 1. The van der Waals surface area contributed by atoms with Crippen LogP contribution in [0, 0.1) is 11.6 Å². The van der Waals surface area contributed by atoms with Crippen molar-refractivity contribution < 1.29 is 22.8 Å². The van der Waals surface area contributed by atoms with E-state index in [1.165, 1.54) is 6.07 Å². The van der Waals surface area contributed by atoms with Crippen LogP contribution in [0.2, 0.25) is 0 Å². The molecule has 0 aliphatic carbocycles. The summed E-state index contributed by atoms with van der Waals surface area (Å²) >= 11 is 0. The topological polar surface area (TPSA) is 68.5 Å². The molecule has 1 amide bonds. The fraction of sp³-hybridized carbons (Fsp3) is 0.375. The molecule has 0 radical (unpaired) electrons. The van der Waals surface area contributed by atoms with Crippen molar-refractivity contribution >= 4 is 5.91 Å². The Morgan fingerprint density at radius 3 is 2.62 bits per heavy atom. The highest BCUT2D eigenvalue weighted by Crippen LogP contribution is 2.43. The average molecular weight is 441 g/mol. The number of halogens is 2. The summed E-state index contributed by atoms with van der Waals surface area (Å²) in [7, 11) is 1.60. The molecule has 0 saturated carbocycles. The number of ether oxygens (including phenoxy) is 1. The Balaban J connectivity index is 1.70. The predicted molar refractivity (Wildman–Crippen MR) is 114 cm³/mol. The molecule has 32 heavy (non-hydrogen) atoms. The minimum Gasteiger partial charge on any atom is -0.497 e. The quantitative estimate of drug-likeness (QED) is 0.500. The Morgan fingerprint density at radius 2 is 1.94 bits per heavy atom. The summed E-state index contributed by atoms with van der Waals surface area (Å²) in [6, 6.07) is 10.8. The van der Waals surface area contributed by atoms with E-state index in [1.807, 2.05) is 29.2 Å². The zero-order valence-corrected chi connectivity index (χ0v) is 18.1. The van der Waals surface area contributed by atoms with E-state index in [9.17, 15) is 13.6 Å². The first-order valence-electron chi connectivity index (χ1n) is 10.7. The van der Waals surface area contributed by atoms with Gasteiger partial charge < -0.3 is 14.2 Å². The van der Waals surface area contributed by atoms with E-state index in [1.54, 1.807) is 7.11 Å². The Morgan fingerprint density at radius 1 is 1.16 bits per heavy atom. The van der Waals surface area contributed by atoms with Gasteiger partial charge >= 0.3 is 0 Å². The van der Waals surface area contributed by atoms with E-state index < -0.39 is 11.6 Å². The molecule has 8 heteroatoms. The molecule has 2 heterocycles. The lowest BCUT2D eigenvalue weighted by molar-refractivity contribution is -0.137. The molecule has 168 valence electrons. The molecule has 1 fully saturated rings. The van der Waals surface area contributed by atoms with Crippen LogP contribution in [0.5, 0.6) is 5.75 Å². The van der Waals surface area contributed by atoms with Crippen molar-refractivity contribution in [1.82, 2.24) is 15.0 Å². The standard InChI is InChI=1S/C24H25F2N3O3/c1-3-4-13-29-21(30)12-10-18(22(29)15-5-8-17(31-2)9-6-15)24-27-23(28-32-24)16-7-11-19(25)20(26)14-16/h5-9,11,14,18,22H,3-4,10,12-13H2,1-2H3. The van der Waals surface area contributed by atoms with Gasteiger partial charge in [-0.3, -0.25) is 4.79 Å². The zero-order chi connectivity index (χ0) is 22.7. The van der Waals surface area contributed by atoms with Crippen LogP contribution < -0.4 is 4.74 Å². The molecule has 1 aromatic heterocycles. The molecule has 2 aromatic carbocycles. The third kappa shape index (κ3) is 4.35. The number of hydrogen-bond donors (Lipinski definition) is 0. The SMILES string of the molecule is CCCCN1C(=O)CCC(c2nc(-c3ccc(F)c(F)c3)no2)C1c1ccc(OC)cc1. The van der Waals surface area contributed by atoms with Crippen molar-refractivity contribution in [3.05, 3.63) is 65.6 Å². The first-order chi connectivity index (χ1) is 15.5. The van der Waals surface area contributed by atoms with Crippen molar-refractivity contribution in [2.75, 3.05) is 13.7 Å². The zero-order valence-electron chi connectivity index (χ0n) is 18.1.